The van der Waals surface area contributed by atoms with Crippen molar-refractivity contribution in [3.8, 4) is 0 Å². The topological polar surface area (TPSA) is 81.2 Å². The lowest BCUT2D eigenvalue weighted by molar-refractivity contribution is -0.142. The normalized spacial score (nSPS) is 27.1. The third kappa shape index (κ3) is 3.74. The van der Waals surface area contributed by atoms with Crippen LogP contribution in [-0.4, -0.2) is 78.3 Å². The molecule has 0 spiro atoms. The molecule has 1 N–H and O–H groups in total. The lowest BCUT2D eigenvalue weighted by Gasteiger charge is -2.39. The first kappa shape index (κ1) is 16.7. The van der Waals surface area contributed by atoms with Crippen molar-refractivity contribution in [1.82, 2.24) is 13.5 Å². The van der Waals surface area contributed by atoms with Crippen molar-refractivity contribution in [2.45, 2.75) is 32.7 Å². The van der Waals surface area contributed by atoms with Gasteiger partial charge in [-0.3, -0.25) is 9.69 Å². The quantitative estimate of drug-likeness (QED) is 0.792. The standard InChI is InChI=1S/C13H25N3O4S/c1-11(2)14-6-8-15(9-7-14)21(19,20)16-5-3-4-12(10-16)13(17)18/h11-12H,3-10H2,1-2H3,(H,17,18). The fourth-order valence-electron chi connectivity index (χ4n) is 2.97. The van der Waals surface area contributed by atoms with Crippen LogP contribution in [0.15, 0.2) is 0 Å². The molecule has 8 heteroatoms. The first-order valence-electron chi connectivity index (χ1n) is 7.54. The third-order valence-corrected chi connectivity index (χ3v) is 6.39. The third-order valence-electron chi connectivity index (χ3n) is 4.39. The van der Waals surface area contributed by atoms with E-state index in [1.54, 1.807) is 0 Å². The molecule has 122 valence electrons. The molecule has 7 nitrogen and oxygen atoms in total. The van der Waals surface area contributed by atoms with Crippen LogP contribution in [0.3, 0.4) is 0 Å². The van der Waals surface area contributed by atoms with Gasteiger partial charge in [0.05, 0.1) is 5.92 Å². The van der Waals surface area contributed by atoms with E-state index in [-0.39, 0.29) is 6.54 Å². The van der Waals surface area contributed by atoms with Gasteiger partial charge in [-0.25, -0.2) is 0 Å². The lowest BCUT2D eigenvalue weighted by Crippen LogP contribution is -2.56. The summed E-state index contributed by atoms with van der Waals surface area (Å²) < 4.78 is 28.1. The molecule has 2 aliphatic heterocycles. The molecule has 2 aliphatic rings. The maximum Gasteiger partial charge on any atom is 0.307 e. The maximum absolute atomic E-state index is 12.6. The molecule has 0 radical (unpaired) electrons. The van der Waals surface area contributed by atoms with Gasteiger partial charge in [0.2, 0.25) is 0 Å². The molecule has 0 aliphatic carbocycles. The van der Waals surface area contributed by atoms with Gasteiger partial charge in [-0.1, -0.05) is 0 Å². The molecule has 1 unspecified atom stereocenters. The summed E-state index contributed by atoms with van der Waals surface area (Å²) in [5, 5.41) is 9.09. The van der Waals surface area contributed by atoms with Crippen LogP contribution in [0.5, 0.6) is 0 Å². The van der Waals surface area contributed by atoms with Crippen molar-refractivity contribution in [2.24, 2.45) is 5.92 Å². The second-order valence-corrected chi connectivity index (χ2v) is 8.00. The van der Waals surface area contributed by atoms with Crippen LogP contribution < -0.4 is 0 Å². The Morgan fingerprint density at radius 2 is 1.71 bits per heavy atom. The number of rotatable bonds is 4. The minimum absolute atomic E-state index is 0.0993. The van der Waals surface area contributed by atoms with Crippen LogP contribution in [0.2, 0.25) is 0 Å². The predicted octanol–water partition coefficient (Wildman–Crippen LogP) is 0.0538. The van der Waals surface area contributed by atoms with E-state index in [2.05, 4.69) is 18.7 Å². The first-order valence-corrected chi connectivity index (χ1v) is 8.94. The van der Waals surface area contributed by atoms with Gasteiger partial charge >= 0.3 is 5.97 Å². The summed E-state index contributed by atoms with van der Waals surface area (Å²) in [7, 11) is -3.52. The van der Waals surface area contributed by atoms with Crippen molar-refractivity contribution in [1.29, 1.82) is 0 Å². The van der Waals surface area contributed by atoms with Gasteiger partial charge < -0.3 is 5.11 Å². The number of carboxylic acids is 1. The number of piperidine rings is 1. The molecule has 1 atom stereocenters. The average molecular weight is 319 g/mol. The summed E-state index contributed by atoms with van der Waals surface area (Å²) in [6, 6.07) is 0.418. The summed E-state index contributed by atoms with van der Waals surface area (Å²) in [4.78, 5) is 13.3. The van der Waals surface area contributed by atoms with Crippen molar-refractivity contribution in [3.05, 3.63) is 0 Å². The van der Waals surface area contributed by atoms with E-state index >= 15 is 0 Å². The smallest absolute Gasteiger partial charge is 0.307 e. The van der Waals surface area contributed by atoms with Gasteiger partial charge in [-0.2, -0.15) is 17.0 Å². The molecule has 2 saturated heterocycles. The zero-order valence-corrected chi connectivity index (χ0v) is 13.5. The SMILES string of the molecule is CC(C)N1CCN(S(=O)(=O)N2CCCC(C(=O)O)C2)CC1. The summed E-state index contributed by atoms with van der Waals surface area (Å²) >= 11 is 0. The highest BCUT2D eigenvalue weighted by molar-refractivity contribution is 7.86. The number of hydrogen-bond acceptors (Lipinski definition) is 4. The Morgan fingerprint density at radius 3 is 2.24 bits per heavy atom. The highest BCUT2D eigenvalue weighted by Crippen LogP contribution is 2.22. The Hall–Kier alpha value is -0.700. The van der Waals surface area contributed by atoms with Crippen LogP contribution in [0.25, 0.3) is 0 Å². The molecule has 0 aromatic carbocycles. The van der Waals surface area contributed by atoms with Crippen LogP contribution in [-0.2, 0) is 15.0 Å². The van der Waals surface area contributed by atoms with E-state index in [0.29, 0.717) is 38.5 Å². The number of carbonyl (C=O) groups is 1. The zero-order valence-electron chi connectivity index (χ0n) is 12.7. The van der Waals surface area contributed by atoms with E-state index < -0.39 is 22.1 Å². The van der Waals surface area contributed by atoms with Gasteiger partial charge in [0.15, 0.2) is 0 Å². The summed E-state index contributed by atoms with van der Waals surface area (Å²) in [6.07, 6.45) is 1.17. The van der Waals surface area contributed by atoms with Gasteiger partial charge in [0, 0.05) is 45.3 Å². The summed E-state index contributed by atoms with van der Waals surface area (Å²) in [5.74, 6) is -1.48. The van der Waals surface area contributed by atoms with Crippen molar-refractivity contribution >= 4 is 16.2 Å². The van der Waals surface area contributed by atoms with E-state index in [1.807, 2.05) is 0 Å². The predicted molar refractivity (Wildman–Crippen MR) is 79.1 cm³/mol. The Kier molecular flexibility index (Phi) is 5.24. The summed E-state index contributed by atoms with van der Waals surface area (Å²) in [5.41, 5.74) is 0. The minimum atomic E-state index is -3.52. The number of aliphatic carboxylic acids is 1. The van der Waals surface area contributed by atoms with Crippen LogP contribution >= 0.6 is 0 Å². The molecule has 0 amide bonds. The van der Waals surface area contributed by atoms with E-state index in [0.717, 1.165) is 13.1 Å². The average Bonchev–Trinajstić information content (AvgIpc) is 2.47. The molecule has 21 heavy (non-hydrogen) atoms. The Labute approximate surface area is 126 Å². The number of nitrogens with zero attached hydrogens (tertiary/aromatic N) is 3. The fraction of sp³-hybridized carbons (Fsp3) is 0.923. The van der Waals surface area contributed by atoms with Crippen LogP contribution in [0.1, 0.15) is 26.7 Å². The van der Waals surface area contributed by atoms with Gasteiger partial charge in [-0.05, 0) is 26.7 Å². The minimum Gasteiger partial charge on any atom is -0.481 e. The second kappa shape index (κ2) is 6.60. The molecule has 0 saturated carbocycles. The maximum atomic E-state index is 12.6. The lowest BCUT2D eigenvalue weighted by atomic mass is 10.0. The molecule has 0 aromatic rings. The second-order valence-electron chi connectivity index (χ2n) is 6.07. The number of hydrogen-bond donors (Lipinski definition) is 1. The largest absolute Gasteiger partial charge is 0.481 e. The highest BCUT2D eigenvalue weighted by atomic mass is 32.2. The first-order chi connectivity index (χ1) is 9.82. The Bertz CT molecular complexity index is 472. The Morgan fingerprint density at radius 1 is 1.10 bits per heavy atom. The Balaban J connectivity index is 2.00. The van der Waals surface area contributed by atoms with Crippen molar-refractivity contribution in [3.63, 3.8) is 0 Å². The highest BCUT2D eigenvalue weighted by Gasteiger charge is 2.37. The number of piperazine rings is 1. The van der Waals surface area contributed by atoms with Crippen molar-refractivity contribution < 1.29 is 18.3 Å². The van der Waals surface area contributed by atoms with Gasteiger partial charge in [0.25, 0.3) is 10.2 Å². The molecule has 2 heterocycles. The molecule has 0 bridgehead atoms. The van der Waals surface area contributed by atoms with Crippen LogP contribution in [0.4, 0.5) is 0 Å². The van der Waals surface area contributed by atoms with E-state index in [4.69, 9.17) is 5.11 Å². The summed E-state index contributed by atoms with van der Waals surface area (Å²) in [6.45, 7) is 7.15. The molecular weight excluding hydrogens is 294 g/mol. The molecule has 2 fully saturated rings. The zero-order chi connectivity index (χ0) is 15.6. The van der Waals surface area contributed by atoms with Crippen LogP contribution in [0, 0.1) is 5.92 Å². The molecule has 0 aromatic heterocycles. The number of carboxylic acid groups (broad SMARTS) is 1. The van der Waals surface area contributed by atoms with Gasteiger partial charge in [0.1, 0.15) is 0 Å². The monoisotopic (exact) mass is 319 g/mol. The van der Waals surface area contributed by atoms with E-state index in [1.165, 1.54) is 8.61 Å². The molecule has 2 rings (SSSR count). The molecular formula is C13H25N3O4S. The van der Waals surface area contributed by atoms with Crippen molar-refractivity contribution in [2.75, 3.05) is 39.3 Å². The fourth-order valence-corrected chi connectivity index (χ4v) is 4.65. The van der Waals surface area contributed by atoms with Gasteiger partial charge in [-0.15, -0.1) is 0 Å². The van der Waals surface area contributed by atoms with E-state index in [9.17, 15) is 13.2 Å².